The molecule has 0 spiro atoms. The second kappa shape index (κ2) is 5.27. The van der Waals surface area contributed by atoms with Gasteiger partial charge < -0.3 is 5.32 Å². The van der Waals surface area contributed by atoms with E-state index in [1.807, 2.05) is 24.3 Å². The first-order valence-corrected chi connectivity index (χ1v) is 5.88. The van der Waals surface area contributed by atoms with Crippen LogP contribution in [0.2, 0.25) is 0 Å². The van der Waals surface area contributed by atoms with Gasteiger partial charge in [-0.2, -0.15) is 0 Å². The van der Waals surface area contributed by atoms with E-state index in [1.54, 1.807) is 0 Å². The molecule has 1 nitrogen and oxygen atoms in total. The van der Waals surface area contributed by atoms with Crippen molar-refractivity contribution in [3.8, 4) is 0 Å². The predicted molar refractivity (Wildman–Crippen MR) is 67.8 cm³/mol. The molecular weight excluding hydrogens is 288 g/mol. The molecule has 2 aromatic rings. The highest BCUT2D eigenvalue weighted by molar-refractivity contribution is 9.10. The van der Waals surface area contributed by atoms with E-state index in [1.165, 1.54) is 18.2 Å². The molecule has 0 radical (unpaired) electrons. The van der Waals surface area contributed by atoms with Gasteiger partial charge in [0.2, 0.25) is 0 Å². The Labute approximate surface area is 107 Å². The average Bonchev–Trinajstić information content (AvgIpc) is 2.31. The molecule has 0 atom stereocenters. The van der Waals surface area contributed by atoms with Gasteiger partial charge in [0, 0.05) is 11.0 Å². The highest BCUT2D eigenvalue weighted by Gasteiger charge is 2.07. The third kappa shape index (κ3) is 3.03. The minimum atomic E-state index is -0.581. The van der Waals surface area contributed by atoms with Crippen LogP contribution in [0.5, 0.6) is 0 Å². The Morgan fingerprint density at radius 2 is 1.53 bits per heavy atom. The Balaban J connectivity index is 2.10. The van der Waals surface area contributed by atoms with Crippen LogP contribution in [0.25, 0.3) is 0 Å². The van der Waals surface area contributed by atoms with Crippen LogP contribution in [0.3, 0.4) is 0 Å². The quantitative estimate of drug-likeness (QED) is 0.889. The topological polar surface area (TPSA) is 12.0 Å². The molecule has 0 bridgehead atoms. The molecule has 0 aromatic heterocycles. The van der Waals surface area contributed by atoms with Crippen LogP contribution in [0.1, 0.15) is 5.56 Å². The number of hydrogen-bond acceptors (Lipinski definition) is 1. The summed E-state index contributed by atoms with van der Waals surface area (Å²) in [5.41, 5.74) is 0.867. The second-order valence-corrected chi connectivity index (χ2v) is 4.49. The van der Waals surface area contributed by atoms with Crippen LogP contribution >= 0.6 is 15.9 Å². The van der Waals surface area contributed by atoms with Crippen molar-refractivity contribution in [1.82, 2.24) is 0 Å². The van der Waals surface area contributed by atoms with E-state index in [2.05, 4.69) is 21.2 Å². The summed E-state index contributed by atoms with van der Waals surface area (Å²) in [6.45, 7) is 0.380. The number of halogens is 3. The highest BCUT2D eigenvalue weighted by atomic mass is 79.9. The zero-order valence-electron chi connectivity index (χ0n) is 8.88. The van der Waals surface area contributed by atoms with Gasteiger partial charge in [-0.1, -0.05) is 34.1 Å². The fourth-order valence-electron chi connectivity index (χ4n) is 1.46. The Morgan fingerprint density at radius 3 is 2.12 bits per heavy atom. The number of para-hydroxylation sites is 1. The summed E-state index contributed by atoms with van der Waals surface area (Å²) < 4.78 is 27.6. The Hall–Kier alpha value is -1.42. The summed E-state index contributed by atoms with van der Waals surface area (Å²) >= 11 is 3.32. The number of anilines is 1. The molecular formula is C13H10BrF2N. The second-order valence-electron chi connectivity index (χ2n) is 3.58. The highest BCUT2D eigenvalue weighted by Crippen LogP contribution is 2.19. The zero-order chi connectivity index (χ0) is 12.3. The van der Waals surface area contributed by atoms with E-state index < -0.39 is 11.6 Å². The molecule has 88 valence electrons. The van der Waals surface area contributed by atoms with Crippen LogP contribution < -0.4 is 5.32 Å². The van der Waals surface area contributed by atoms with E-state index in [0.717, 1.165) is 10.0 Å². The molecule has 0 saturated carbocycles. The number of rotatable bonds is 3. The van der Waals surface area contributed by atoms with E-state index in [0.29, 0.717) is 6.54 Å². The van der Waals surface area contributed by atoms with Crippen LogP contribution in [0.4, 0.5) is 14.5 Å². The Morgan fingerprint density at radius 1 is 0.941 bits per heavy atom. The fourth-order valence-corrected chi connectivity index (χ4v) is 1.72. The van der Waals surface area contributed by atoms with Crippen molar-refractivity contribution in [2.75, 3.05) is 5.32 Å². The molecule has 0 unspecified atom stereocenters. The number of hydrogen-bond donors (Lipinski definition) is 1. The van der Waals surface area contributed by atoms with E-state index in [4.69, 9.17) is 0 Å². The molecule has 0 saturated heterocycles. The van der Waals surface area contributed by atoms with Crippen molar-refractivity contribution < 1.29 is 8.78 Å². The van der Waals surface area contributed by atoms with Crippen molar-refractivity contribution in [3.63, 3.8) is 0 Å². The first-order chi connectivity index (χ1) is 8.16. The smallest absolute Gasteiger partial charge is 0.149 e. The minimum Gasteiger partial charge on any atom is -0.376 e. The lowest BCUT2D eigenvalue weighted by molar-refractivity contribution is 0.588. The summed E-state index contributed by atoms with van der Waals surface area (Å²) in [7, 11) is 0. The predicted octanol–water partition coefficient (Wildman–Crippen LogP) is 4.34. The van der Waals surface area contributed by atoms with E-state index in [9.17, 15) is 8.78 Å². The SMILES string of the molecule is Fc1cccc(F)c1NCc1ccc(Br)cc1. The van der Waals surface area contributed by atoms with Gasteiger partial charge in [-0.15, -0.1) is 0 Å². The lowest BCUT2D eigenvalue weighted by atomic mass is 10.2. The zero-order valence-corrected chi connectivity index (χ0v) is 10.5. The summed E-state index contributed by atoms with van der Waals surface area (Å²) in [6.07, 6.45) is 0. The first-order valence-electron chi connectivity index (χ1n) is 5.09. The normalized spacial score (nSPS) is 10.3. The largest absolute Gasteiger partial charge is 0.376 e. The van der Waals surface area contributed by atoms with Gasteiger partial charge in [0.15, 0.2) is 0 Å². The maximum Gasteiger partial charge on any atom is 0.149 e. The molecule has 0 aliphatic carbocycles. The molecule has 0 aliphatic rings. The van der Waals surface area contributed by atoms with E-state index >= 15 is 0 Å². The standard InChI is InChI=1S/C13H10BrF2N/c14-10-6-4-9(5-7-10)8-17-13-11(15)2-1-3-12(13)16/h1-7,17H,8H2. The van der Waals surface area contributed by atoms with E-state index in [-0.39, 0.29) is 5.69 Å². The van der Waals surface area contributed by atoms with Crippen molar-refractivity contribution in [2.24, 2.45) is 0 Å². The number of benzene rings is 2. The number of nitrogens with one attached hydrogen (secondary N) is 1. The molecule has 1 N–H and O–H groups in total. The first kappa shape index (κ1) is 12.0. The Kier molecular flexibility index (Phi) is 3.74. The minimum absolute atomic E-state index is 0.0876. The molecule has 2 aromatic carbocycles. The van der Waals surface area contributed by atoms with Gasteiger partial charge in [-0.05, 0) is 29.8 Å². The summed E-state index contributed by atoms with van der Waals surface area (Å²) in [5, 5.41) is 2.75. The van der Waals surface area contributed by atoms with Crippen molar-refractivity contribution in [3.05, 3.63) is 64.1 Å². The van der Waals surface area contributed by atoms with Crippen LogP contribution in [0, 0.1) is 11.6 Å². The van der Waals surface area contributed by atoms with Crippen molar-refractivity contribution >= 4 is 21.6 Å². The van der Waals surface area contributed by atoms with Crippen LogP contribution in [-0.2, 0) is 6.54 Å². The molecule has 0 aliphatic heterocycles. The van der Waals surface area contributed by atoms with Gasteiger partial charge in [0.1, 0.15) is 17.3 Å². The van der Waals surface area contributed by atoms with Gasteiger partial charge in [0.25, 0.3) is 0 Å². The Bertz CT molecular complexity index is 491. The third-order valence-electron chi connectivity index (χ3n) is 2.35. The molecule has 17 heavy (non-hydrogen) atoms. The van der Waals surface area contributed by atoms with Crippen LogP contribution in [0.15, 0.2) is 46.9 Å². The molecule has 0 fully saturated rings. The molecule has 2 rings (SSSR count). The fraction of sp³-hybridized carbons (Fsp3) is 0.0769. The van der Waals surface area contributed by atoms with Gasteiger partial charge in [-0.3, -0.25) is 0 Å². The lowest BCUT2D eigenvalue weighted by Gasteiger charge is -2.08. The van der Waals surface area contributed by atoms with Gasteiger partial charge in [-0.25, -0.2) is 8.78 Å². The summed E-state index contributed by atoms with van der Waals surface area (Å²) in [6, 6.07) is 11.3. The average molecular weight is 298 g/mol. The molecule has 4 heteroatoms. The van der Waals surface area contributed by atoms with Gasteiger partial charge >= 0.3 is 0 Å². The monoisotopic (exact) mass is 297 g/mol. The maximum absolute atomic E-state index is 13.3. The van der Waals surface area contributed by atoms with Crippen molar-refractivity contribution in [1.29, 1.82) is 0 Å². The third-order valence-corrected chi connectivity index (χ3v) is 2.87. The summed E-state index contributed by atoms with van der Waals surface area (Å²) in [4.78, 5) is 0. The molecule has 0 heterocycles. The summed E-state index contributed by atoms with van der Waals surface area (Å²) in [5.74, 6) is -1.16. The lowest BCUT2D eigenvalue weighted by Crippen LogP contribution is -2.03. The van der Waals surface area contributed by atoms with Crippen LogP contribution in [-0.4, -0.2) is 0 Å². The van der Waals surface area contributed by atoms with Gasteiger partial charge in [0.05, 0.1) is 0 Å². The maximum atomic E-state index is 13.3. The van der Waals surface area contributed by atoms with Crippen molar-refractivity contribution in [2.45, 2.75) is 6.54 Å². The molecule has 0 amide bonds.